The lowest BCUT2D eigenvalue weighted by molar-refractivity contribution is -0.137. The van der Waals surface area contributed by atoms with Gasteiger partial charge >= 0.3 is 6.18 Å². The number of nitrogens with one attached hydrogen (secondary N) is 4. The molecule has 1 amide bonds. The molecule has 3 heterocycles. The molecule has 1 aliphatic rings. The summed E-state index contributed by atoms with van der Waals surface area (Å²) in [5.41, 5.74) is -1.27. The van der Waals surface area contributed by atoms with E-state index in [4.69, 9.17) is 0 Å². The van der Waals surface area contributed by atoms with Crippen molar-refractivity contribution in [2.45, 2.75) is 51.4 Å². The standard InChI is InChI=1S/C23H27F3N6O2/c1-12(33)30-17-7-6-14-15(10-28-20(14)18(17)22(2,3)34)19-16(23(24,25)26)11-29-21(32-19)31-13-5-4-8-27-9-13/h6-7,10-11,13,27-28,34H,4-5,8-9H2,1-3H3,(H,30,33)(H,29,31,32)/t13-/m0/s1. The Morgan fingerprint density at radius 1 is 1.26 bits per heavy atom. The highest BCUT2D eigenvalue weighted by Crippen LogP contribution is 2.42. The summed E-state index contributed by atoms with van der Waals surface area (Å²) >= 11 is 0. The number of benzene rings is 1. The topological polar surface area (TPSA) is 115 Å². The normalized spacial score (nSPS) is 17.1. The molecule has 0 unspecified atom stereocenters. The second-order valence-electron chi connectivity index (χ2n) is 8.99. The maximum Gasteiger partial charge on any atom is 0.419 e. The number of hydrogen-bond acceptors (Lipinski definition) is 6. The Hall–Kier alpha value is -3.18. The van der Waals surface area contributed by atoms with E-state index in [0.717, 1.165) is 25.6 Å². The van der Waals surface area contributed by atoms with Crippen LogP contribution in [-0.2, 0) is 16.6 Å². The van der Waals surface area contributed by atoms with Crippen molar-refractivity contribution in [2.75, 3.05) is 23.7 Å². The van der Waals surface area contributed by atoms with Crippen LogP contribution < -0.4 is 16.0 Å². The molecule has 5 N–H and O–H groups in total. The van der Waals surface area contributed by atoms with Crippen LogP contribution in [-0.4, -0.2) is 45.1 Å². The van der Waals surface area contributed by atoms with Crippen molar-refractivity contribution >= 4 is 28.4 Å². The summed E-state index contributed by atoms with van der Waals surface area (Å²) < 4.78 is 41.7. The number of aliphatic hydroxyl groups is 1. The minimum absolute atomic E-state index is 0.0170. The number of carbonyl (C=O) groups excluding carboxylic acids is 1. The first-order valence-electron chi connectivity index (χ1n) is 11.0. The number of anilines is 2. The van der Waals surface area contributed by atoms with Gasteiger partial charge in [0.1, 0.15) is 5.56 Å². The van der Waals surface area contributed by atoms with Gasteiger partial charge in [-0.05, 0) is 39.3 Å². The minimum Gasteiger partial charge on any atom is -0.386 e. The number of piperidine rings is 1. The molecule has 0 radical (unpaired) electrons. The summed E-state index contributed by atoms with van der Waals surface area (Å²) in [5, 5.41) is 20.2. The molecule has 34 heavy (non-hydrogen) atoms. The summed E-state index contributed by atoms with van der Waals surface area (Å²) in [4.78, 5) is 22.8. The molecule has 1 atom stereocenters. The fourth-order valence-corrected chi connectivity index (χ4v) is 4.35. The van der Waals surface area contributed by atoms with Gasteiger partial charge in [-0.15, -0.1) is 0 Å². The van der Waals surface area contributed by atoms with Crippen molar-refractivity contribution in [3.63, 3.8) is 0 Å². The second kappa shape index (κ2) is 8.88. The molecule has 0 spiro atoms. The number of halogens is 3. The summed E-state index contributed by atoms with van der Waals surface area (Å²) in [6, 6.07) is 3.18. The predicted molar refractivity (Wildman–Crippen MR) is 123 cm³/mol. The van der Waals surface area contributed by atoms with Gasteiger partial charge < -0.3 is 26.0 Å². The molecular weight excluding hydrogens is 449 g/mol. The number of rotatable bonds is 5. The van der Waals surface area contributed by atoms with Gasteiger partial charge in [0.2, 0.25) is 11.9 Å². The Bertz CT molecular complexity index is 1210. The van der Waals surface area contributed by atoms with Gasteiger partial charge in [0.05, 0.1) is 16.8 Å². The van der Waals surface area contributed by atoms with Crippen LogP contribution in [0, 0.1) is 0 Å². The first-order chi connectivity index (χ1) is 15.9. The molecule has 1 saturated heterocycles. The van der Waals surface area contributed by atoms with Crippen LogP contribution in [0.2, 0.25) is 0 Å². The third-order valence-corrected chi connectivity index (χ3v) is 5.76. The van der Waals surface area contributed by atoms with E-state index in [9.17, 15) is 23.1 Å². The fraction of sp³-hybridized carbons (Fsp3) is 0.435. The summed E-state index contributed by atoms with van der Waals surface area (Å²) in [6.07, 6.45) is -0.632. The van der Waals surface area contributed by atoms with E-state index >= 15 is 0 Å². The Morgan fingerprint density at radius 2 is 2.03 bits per heavy atom. The number of alkyl halides is 3. The van der Waals surface area contributed by atoms with Gasteiger partial charge in [0.15, 0.2) is 0 Å². The van der Waals surface area contributed by atoms with Crippen LogP contribution in [0.3, 0.4) is 0 Å². The van der Waals surface area contributed by atoms with E-state index < -0.39 is 17.3 Å². The number of aromatic nitrogens is 3. The largest absolute Gasteiger partial charge is 0.419 e. The van der Waals surface area contributed by atoms with Crippen LogP contribution in [0.4, 0.5) is 24.8 Å². The van der Waals surface area contributed by atoms with Crippen molar-refractivity contribution in [2.24, 2.45) is 0 Å². The van der Waals surface area contributed by atoms with Crippen LogP contribution in [0.5, 0.6) is 0 Å². The van der Waals surface area contributed by atoms with Crippen LogP contribution >= 0.6 is 0 Å². The molecule has 8 nitrogen and oxygen atoms in total. The molecule has 3 aromatic rings. The molecule has 182 valence electrons. The molecule has 1 aromatic carbocycles. The average molecular weight is 477 g/mol. The zero-order chi connectivity index (χ0) is 24.7. The summed E-state index contributed by atoms with van der Waals surface area (Å²) in [6.45, 7) is 6.00. The first kappa shape index (κ1) is 24.0. The van der Waals surface area contributed by atoms with E-state index in [1.165, 1.54) is 13.1 Å². The molecule has 0 bridgehead atoms. The van der Waals surface area contributed by atoms with Crippen molar-refractivity contribution < 1.29 is 23.1 Å². The van der Waals surface area contributed by atoms with Gasteiger partial charge in [-0.3, -0.25) is 4.79 Å². The number of carbonyl (C=O) groups is 1. The second-order valence-corrected chi connectivity index (χ2v) is 8.99. The summed E-state index contributed by atoms with van der Waals surface area (Å²) in [5.74, 6) is -0.219. The highest BCUT2D eigenvalue weighted by atomic mass is 19.4. The van der Waals surface area contributed by atoms with Crippen LogP contribution in [0.15, 0.2) is 24.5 Å². The van der Waals surface area contributed by atoms with Crippen molar-refractivity contribution in [1.29, 1.82) is 0 Å². The maximum absolute atomic E-state index is 13.9. The molecule has 0 aliphatic carbocycles. The number of nitrogens with zero attached hydrogens (tertiary/aromatic N) is 2. The smallest absolute Gasteiger partial charge is 0.386 e. The minimum atomic E-state index is -4.67. The quantitative estimate of drug-likeness (QED) is 0.380. The van der Waals surface area contributed by atoms with Gasteiger partial charge in [0.25, 0.3) is 0 Å². The molecule has 4 rings (SSSR count). The lowest BCUT2D eigenvalue weighted by Gasteiger charge is -2.24. The first-order valence-corrected chi connectivity index (χ1v) is 11.0. The van der Waals surface area contributed by atoms with Gasteiger partial charge in [-0.25, -0.2) is 9.97 Å². The fourth-order valence-electron chi connectivity index (χ4n) is 4.35. The maximum atomic E-state index is 13.9. The zero-order valence-corrected chi connectivity index (χ0v) is 19.1. The van der Waals surface area contributed by atoms with Crippen LogP contribution in [0.1, 0.15) is 44.7 Å². The third kappa shape index (κ3) is 4.85. The van der Waals surface area contributed by atoms with Crippen molar-refractivity contribution in [3.05, 3.63) is 35.7 Å². The van der Waals surface area contributed by atoms with Crippen molar-refractivity contribution in [1.82, 2.24) is 20.3 Å². The SMILES string of the molecule is CC(=O)Nc1ccc2c(-c3nc(N[C@H]4CCCNC4)ncc3C(F)(F)F)c[nH]c2c1C(C)(C)O. The van der Waals surface area contributed by atoms with Crippen LogP contribution in [0.25, 0.3) is 22.2 Å². The predicted octanol–water partition coefficient (Wildman–Crippen LogP) is 3.99. The van der Waals surface area contributed by atoms with E-state index in [2.05, 4.69) is 30.9 Å². The lowest BCUT2D eigenvalue weighted by Crippen LogP contribution is -2.38. The molecule has 1 aliphatic heterocycles. The van der Waals surface area contributed by atoms with Crippen molar-refractivity contribution in [3.8, 4) is 11.3 Å². The Morgan fingerprint density at radius 3 is 2.65 bits per heavy atom. The summed E-state index contributed by atoms with van der Waals surface area (Å²) in [7, 11) is 0. The number of H-pyrrole nitrogens is 1. The van der Waals surface area contributed by atoms with Gasteiger partial charge in [-0.1, -0.05) is 6.07 Å². The van der Waals surface area contributed by atoms with E-state index in [1.54, 1.807) is 26.0 Å². The third-order valence-electron chi connectivity index (χ3n) is 5.76. The van der Waals surface area contributed by atoms with E-state index in [1.807, 2.05) is 0 Å². The van der Waals surface area contributed by atoms with Gasteiger partial charge in [0, 0.05) is 54.1 Å². The molecule has 0 saturated carbocycles. The molecular formula is C23H27F3N6O2. The number of fused-ring (bicyclic) bond motifs is 1. The molecule has 11 heteroatoms. The van der Waals surface area contributed by atoms with Gasteiger partial charge in [-0.2, -0.15) is 13.2 Å². The zero-order valence-electron chi connectivity index (χ0n) is 19.1. The Balaban J connectivity index is 1.87. The van der Waals surface area contributed by atoms with E-state index in [0.29, 0.717) is 28.7 Å². The highest BCUT2D eigenvalue weighted by Gasteiger charge is 2.37. The number of aromatic amines is 1. The Labute approximate surface area is 194 Å². The molecule has 1 fully saturated rings. The van der Waals surface area contributed by atoms with E-state index in [-0.39, 0.29) is 29.2 Å². The number of amides is 1. The monoisotopic (exact) mass is 476 g/mol. The average Bonchev–Trinajstić information content (AvgIpc) is 3.16. The number of hydrogen-bond donors (Lipinski definition) is 5. The molecule has 2 aromatic heterocycles. The lowest BCUT2D eigenvalue weighted by atomic mass is 9.92. The highest BCUT2D eigenvalue weighted by molar-refractivity contribution is 6.02. The Kier molecular flexibility index (Phi) is 6.26.